The summed E-state index contributed by atoms with van der Waals surface area (Å²) in [6.07, 6.45) is 5.52. The number of hydrogen-bond acceptors (Lipinski definition) is 3. The summed E-state index contributed by atoms with van der Waals surface area (Å²) < 4.78 is 11.1. The first kappa shape index (κ1) is 9.13. The van der Waals surface area contributed by atoms with Crippen molar-refractivity contribution in [2.45, 2.75) is 38.0 Å². The van der Waals surface area contributed by atoms with E-state index in [1.165, 1.54) is 38.8 Å². The largest absolute Gasteiger partial charge is 0.350 e. The molecular weight excluding hydrogens is 178 g/mol. The lowest BCUT2D eigenvalue weighted by molar-refractivity contribution is -0.0978. The molecule has 0 atom stereocenters. The van der Waals surface area contributed by atoms with Crippen LogP contribution < -0.4 is 0 Å². The molecule has 3 rings (SSSR count). The van der Waals surface area contributed by atoms with Crippen LogP contribution in [0.4, 0.5) is 0 Å². The quantitative estimate of drug-likeness (QED) is 0.664. The van der Waals surface area contributed by atoms with Crippen molar-refractivity contribution in [3.8, 4) is 0 Å². The number of rotatable bonds is 2. The molecule has 0 amide bonds. The van der Waals surface area contributed by atoms with Crippen LogP contribution in [0.1, 0.15) is 25.7 Å². The second-order valence-corrected chi connectivity index (χ2v) is 4.71. The molecule has 0 spiro atoms. The fraction of sp³-hybridized carbons (Fsp3) is 1.00. The van der Waals surface area contributed by atoms with Gasteiger partial charge in [-0.05, 0) is 38.8 Å². The second kappa shape index (κ2) is 3.80. The van der Waals surface area contributed by atoms with Gasteiger partial charge in [0.25, 0.3) is 0 Å². The summed E-state index contributed by atoms with van der Waals surface area (Å²) >= 11 is 0. The zero-order valence-corrected chi connectivity index (χ0v) is 8.65. The van der Waals surface area contributed by atoms with Gasteiger partial charge in [-0.15, -0.1) is 0 Å². The average Bonchev–Trinajstić information content (AvgIpc) is 2.94. The first-order valence-corrected chi connectivity index (χ1v) is 5.91. The molecule has 80 valence electrons. The van der Waals surface area contributed by atoms with Gasteiger partial charge in [-0.2, -0.15) is 0 Å². The first-order valence-electron chi connectivity index (χ1n) is 5.91. The van der Waals surface area contributed by atoms with Crippen LogP contribution in [0, 0.1) is 5.92 Å². The van der Waals surface area contributed by atoms with Crippen molar-refractivity contribution >= 4 is 0 Å². The molecule has 14 heavy (non-hydrogen) atoms. The van der Waals surface area contributed by atoms with E-state index < -0.39 is 0 Å². The summed E-state index contributed by atoms with van der Waals surface area (Å²) in [6.45, 7) is 4.12. The van der Waals surface area contributed by atoms with Gasteiger partial charge in [-0.25, -0.2) is 0 Å². The van der Waals surface area contributed by atoms with E-state index >= 15 is 0 Å². The molecule has 0 unspecified atom stereocenters. The van der Waals surface area contributed by atoms with Crippen molar-refractivity contribution in [2.75, 3.05) is 26.3 Å². The van der Waals surface area contributed by atoms with Crippen LogP contribution in [0.25, 0.3) is 0 Å². The number of likely N-dealkylation sites (tertiary alicyclic amines) is 1. The molecular formula is C11H19NO2. The minimum absolute atomic E-state index is 0.122. The lowest BCUT2D eigenvalue weighted by Gasteiger charge is -2.33. The first-order chi connectivity index (χ1) is 6.93. The smallest absolute Gasteiger partial charge is 0.160 e. The molecule has 2 heterocycles. The van der Waals surface area contributed by atoms with Crippen LogP contribution in [-0.4, -0.2) is 43.5 Å². The Balaban J connectivity index is 1.49. The van der Waals surface area contributed by atoms with Gasteiger partial charge in [0, 0.05) is 12.0 Å². The zero-order valence-electron chi connectivity index (χ0n) is 8.65. The molecule has 2 saturated heterocycles. The van der Waals surface area contributed by atoms with Crippen molar-refractivity contribution in [1.82, 2.24) is 4.90 Å². The molecule has 3 heteroatoms. The molecule has 3 nitrogen and oxygen atoms in total. The van der Waals surface area contributed by atoms with Gasteiger partial charge in [0.2, 0.25) is 0 Å². The summed E-state index contributed by atoms with van der Waals surface area (Å²) in [7, 11) is 0. The molecule has 0 aromatic rings. The van der Waals surface area contributed by atoms with E-state index in [1.54, 1.807) is 0 Å². The minimum Gasteiger partial charge on any atom is -0.350 e. The standard InChI is InChI=1S/C11H19NO2/c1-2-10(1)12-5-3-9(4-6-12)11-13-7-8-14-11/h9-11H,1-8H2. The lowest BCUT2D eigenvalue weighted by atomic mass is 9.96. The molecule has 1 saturated carbocycles. The van der Waals surface area contributed by atoms with Gasteiger partial charge in [-0.1, -0.05) is 0 Å². The van der Waals surface area contributed by atoms with Crippen LogP contribution in [0.5, 0.6) is 0 Å². The van der Waals surface area contributed by atoms with Crippen LogP contribution in [0.2, 0.25) is 0 Å². The molecule has 0 N–H and O–H groups in total. The van der Waals surface area contributed by atoms with Gasteiger partial charge < -0.3 is 14.4 Å². The maximum Gasteiger partial charge on any atom is 0.160 e. The summed E-state index contributed by atoms with van der Waals surface area (Å²) in [4.78, 5) is 2.64. The molecule has 3 aliphatic rings. The normalized spacial score (nSPS) is 32.6. The van der Waals surface area contributed by atoms with Crippen molar-refractivity contribution in [1.29, 1.82) is 0 Å². The van der Waals surface area contributed by atoms with Gasteiger partial charge >= 0.3 is 0 Å². The van der Waals surface area contributed by atoms with E-state index in [-0.39, 0.29) is 6.29 Å². The van der Waals surface area contributed by atoms with Crippen LogP contribution >= 0.6 is 0 Å². The lowest BCUT2D eigenvalue weighted by Crippen LogP contribution is -2.39. The average molecular weight is 197 g/mol. The Kier molecular flexibility index (Phi) is 2.48. The van der Waals surface area contributed by atoms with Crippen LogP contribution in [0.15, 0.2) is 0 Å². The van der Waals surface area contributed by atoms with E-state index in [4.69, 9.17) is 9.47 Å². The third-order valence-corrected chi connectivity index (χ3v) is 3.67. The monoisotopic (exact) mass is 197 g/mol. The van der Waals surface area contributed by atoms with E-state index in [2.05, 4.69) is 4.90 Å². The SMILES string of the molecule is C1COC(C2CCN(C3CC3)CC2)O1. The van der Waals surface area contributed by atoms with Gasteiger partial charge in [0.15, 0.2) is 6.29 Å². The Bertz CT molecular complexity index is 191. The predicted molar refractivity (Wildman–Crippen MR) is 53.0 cm³/mol. The number of piperidine rings is 1. The van der Waals surface area contributed by atoms with Gasteiger partial charge in [0.05, 0.1) is 13.2 Å². The Hall–Kier alpha value is -0.120. The maximum absolute atomic E-state index is 5.56. The summed E-state index contributed by atoms with van der Waals surface area (Å²) in [5.74, 6) is 0.660. The van der Waals surface area contributed by atoms with E-state index in [1.807, 2.05) is 0 Å². The number of ether oxygens (including phenoxy) is 2. The van der Waals surface area contributed by atoms with E-state index in [9.17, 15) is 0 Å². The number of nitrogens with zero attached hydrogens (tertiary/aromatic N) is 1. The summed E-state index contributed by atoms with van der Waals surface area (Å²) in [5, 5.41) is 0. The molecule has 0 aromatic carbocycles. The molecule has 1 aliphatic carbocycles. The Morgan fingerprint density at radius 1 is 0.857 bits per heavy atom. The van der Waals surface area contributed by atoms with Crippen molar-refractivity contribution < 1.29 is 9.47 Å². The molecule has 2 aliphatic heterocycles. The maximum atomic E-state index is 5.56. The second-order valence-electron chi connectivity index (χ2n) is 4.71. The molecule has 0 aromatic heterocycles. The van der Waals surface area contributed by atoms with E-state index in [0.717, 1.165) is 19.3 Å². The predicted octanol–water partition coefficient (Wildman–Crippen LogP) is 1.23. The highest BCUT2D eigenvalue weighted by Gasteiger charge is 2.35. The fourth-order valence-electron chi connectivity index (χ4n) is 2.65. The van der Waals surface area contributed by atoms with Crippen LogP contribution in [0.3, 0.4) is 0 Å². The fourth-order valence-corrected chi connectivity index (χ4v) is 2.65. The van der Waals surface area contributed by atoms with Gasteiger partial charge in [0.1, 0.15) is 0 Å². The zero-order chi connectivity index (χ0) is 9.38. The third-order valence-electron chi connectivity index (χ3n) is 3.67. The third kappa shape index (κ3) is 1.81. The van der Waals surface area contributed by atoms with Crippen molar-refractivity contribution in [2.24, 2.45) is 5.92 Å². The molecule has 0 radical (unpaired) electrons. The summed E-state index contributed by atoms with van der Waals surface area (Å²) in [5.41, 5.74) is 0. The Labute approximate surface area is 85.4 Å². The van der Waals surface area contributed by atoms with Gasteiger partial charge in [-0.3, -0.25) is 0 Å². The highest BCUT2D eigenvalue weighted by atomic mass is 16.7. The van der Waals surface area contributed by atoms with Crippen LogP contribution in [-0.2, 0) is 9.47 Å². The topological polar surface area (TPSA) is 21.7 Å². The minimum atomic E-state index is 0.122. The highest BCUT2D eigenvalue weighted by molar-refractivity contribution is 4.88. The molecule has 0 bridgehead atoms. The Morgan fingerprint density at radius 2 is 1.50 bits per heavy atom. The number of hydrogen-bond donors (Lipinski definition) is 0. The summed E-state index contributed by atoms with van der Waals surface area (Å²) in [6, 6.07) is 0.932. The van der Waals surface area contributed by atoms with Crippen molar-refractivity contribution in [3.63, 3.8) is 0 Å². The molecule has 3 fully saturated rings. The van der Waals surface area contributed by atoms with E-state index in [0.29, 0.717) is 5.92 Å². The Morgan fingerprint density at radius 3 is 2.07 bits per heavy atom. The van der Waals surface area contributed by atoms with Crippen molar-refractivity contribution in [3.05, 3.63) is 0 Å². The highest BCUT2D eigenvalue weighted by Crippen LogP contribution is 2.33.